The van der Waals surface area contributed by atoms with Crippen molar-refractivity contribution in [2.24, 2.45) is 5.92 Å². The van der Waals surface area contributed by atoms with Crippen molar-refractivity contribution >= 4 is 11.6 Å². The number of hydrogen-bond donors (Lipinski definition) is 2. The number of nitro groups is 1. The molecule has 0 saturated heterocycles. The predicted octanol–water partition coefficient (Wildman–Crippen LogP) is 1.62. The molecule has 1 aromatic rings. The molecule has 2 rings (SSSR count). The third kappa shape index (κ3) is 3.11. The Labute approximate surface area is 114 Å². The molecule has 1 saturated carbocycles. The van der Waals surface area contributed by atoms with Crippen LogP contribution in [0.2, 0.25) is 0 Å². The van der Waals surface area contributed by atoms with Gasteiger partial charge in [0.2, 0.25) is 5.82 Å². The van der Waals surface area contributed by atoms with Crippen LogP contribution in [0.5, 0.6) is 0 Å². The lowest BCUT2D eigenvalue weighted by Gasteiger charge is -2.15. The fraction of sp³-hybridized carbons (Fsp3) is 0.462. The van der Waals surface area contributed by atoms with E-state index in [1.165, 1.54) is 6.07 Å². The highest BCUT2D eigenvalue weighted by molar-refractivity contribution is 5.94. The quantitative estimate of drug-likeness (QED) is 0.648. The summed E-state index contributed by atoms with van der Waals surface area (Å²) in [7, 11) is 0. The minimum absolute atomic E-state index is 0.0156. The molecule has 1 fully saturated rings. The number of nitro benzene ring substituents is 1. The number of carbonyl (C=O) groups is 1. The summed E-state index contributed by atoms with van der Waals surface area (Å²) in [5.41, 5.74) is -0.631. The van der Waals surface area contributed by atoms with E-state index >= 15 is 0 Å². The van der Waals surface area contributed by atoms with Gasteiger partial charge in [0.15, 0.2) is 0 Å². The Balaban J connectivity index is 1.99. The maximum atomic E-state index is 13.4. The maximum Gasteiger partial charge on any atom is 0.304 e. The summed E-state index contributed by atoms with van der Waals surface area (Å²) in [6.07, 6.45) is 2.08. The second kappa shape index (κ2) is 5.96. The first-order valence-corrected chi connectivity index (χ1v) is 6.39. The Kier molecular flexibility index (Phi) is 4.29. The van der Waals surface area contributed by atoms with Crippen molar-refractivity contribution in [1.29, 1.82) is 0 Å². The number of rotatable bonds is 4. The number of amides is 1. The van der Waals surface area contributed by atoms with Crippen LogP contribution in [0.1, 0.15) is 29.6 Å². The van der Waals surface area contributed by atoms with Crippen LogP contribution in [0, 0.1) is 21.8 Å². The monoisotopic (exact) mass is 282 g/mol. The third-order valence-electron chi connectivity index (χ3n) is 3.55. The van der Waals surface area contributed by atoms with Crippen LogP contribution in [0.25, 0.3) is 0 Å². The summed E-state index contributed by atoms with van der Waals surface area (Å²) in [4.78, 5) is 21.4. The summed E-state index contributed by atoms with van der Waals surface area (Å²) < 4.78 is 13.4. The second-order valence-corrected chi connectivity index (χ2v) is 4.89. The fourth-order valence-electron chi connectivity index (χ4n) is 2.38. The Morgan fingerprint density at radius 1 is 1.50 bits per heavy atom. The summed E-state index contributed by atoms with van der Waals surface area (Å²) in [6.45, 7) is 0.318. The van der Waals surface area contributed by atoms with Gasteiger partial charge in [0.1, 0.15) is 0 Å². The number of benzene rings is 1. The van der Waals surface area contributed by atoms with E-state index in [2.05, 4.69) is 5.32 Å². The molecular weight excluding hydrogens is 267 g/mol. The van der Waals surface area contributed by atoms with Crippen molar-refractivity contribution in [3.05, 3.63) is 39.7 Å². The first-order valence-electron chi connectivity index (χ1n) is 6.39. The van der Waals surface area contributed by atoms with Crippen LogP contribution in [-0.4, -0.2) is 28.6 Å². The number of aliphatic hydroxyl groups excluding tert-OH is 1. The van der Waals surface area contributed by atoms with Gasteiger partial charge in [-0.25, -0.2) is 0 Å². The Hall–Kier alpha value is -2.02. The van der Waals surface area contributed by atoms with E-state index in [-0.39, 0.29) is 11.5 Å². The average Bonchev–Trinajstić information content (AvgIpc) is 2.81. The molecule has 0 heterocycles. The molecule has 6 nitrogen and oxygen atoms in total. The minimum Gasteiger partial charge on any atom is -0.393 e. The Bertz CT molecular complexity index is 535. The van der Waals surface area contributed by atoms with E-state index in [0.717, 1.165) is 31.4 Å². The van der Waals surface area contributed by atoms with Gasteiger partial charge in [-0.2, -0.15) is 4.39 Å². The summed E-state index contributed by atoms with van der Waals surface area (Å²) >= 11 is 0. The van der Waals surface area contributed by atoms with Gasteiger partial charge in [0, 0.05) is 24.1 Å². The van der Waals surface area contributed by atoms with E-state index in [4.69, 9.17) is 0 Å². The van der Waals surface area contributed by atoms with Crippen molar-refractivity contribution in [3.63, 3.8) is 0 Å². The summed E-state index contributed by atoms with van der Waals surface area (Å²) in [5.74, 6) is -1.52. The van der Waals surface area contributed by atoms with Gasteiger partial charge < -0.3 is 10.4 Å². The molecule has 7 heteroatoms. The number of nitrogens with one attached hydrogen (secondary N) is 1. The number of nitrogens with zero attached hydrogens (tertiary/aromatic N) is 1. The first-order chi connectivity index (χ1) is 9.49. The largest absolute Gasteiger partial charge is 0.393 e. The van der Waals surface area contributed by atoms with E-state index < -0.39 is 28.4 Å². The molecule has 0 aliphatic heterocycles. The molecule has 2 unspecified atom stereocenters. The molecule has 1 aromatic carbocycles. The molecule has 20 heavy (non-hydrogen) atoms. The molecule has 0 bridgehead atoms. The van der Waals surface area contributed by atoms with Crippen molar-refractivity contribution in [2.75, 3.05) is 6.54 Å². The molecule has 1 aliphatic rings. The Morgan fingerprint density at radius 2 is 2.25 bits per heavy atom. The van der Waals surface area contributed by atoms with E-state index in [0.29, 0.717) is 6.54 Å². The molecule has 2 atom stereocenters. The smallest absolute Gasteiger partial charge is 0.304 e. The minimum atomic E-state index is -1.04. The molecule has 108 valence electrons. The van der Waals surface area contributed by atoms with Gasteiger partial charge in [0.05, 0.1) is 11.0 Å². The SMILES string of the molecule is O=C(NCC1CCCC1O)c1ccc([N+](=O)[O-])c(F)c1. The highest BCUT2D eigenvalue weighted by Crippen LogP contribution is 2.24. The zero-order valence-corrected chi connectivity index (χ0v) is 10.7. The first kappa shape index (κ1) is 14.4. The van der Waals surface area contributed by atoms with Crippen LogP contribution in [-0.2, 0) is 0 Å². The summed E-state index contributed by atoms with van der Waals surface area (Å²) in [5, 5.41) is 22.7. The maximum absolute atomic E-state index is 13.4. The van der Waals surface area contributed by atoms with Gasteiger partial charge in [-0.15, -0.1) is 0 Å². The second-order valence-electron chi connectivity index (χ2n) is 4.89. The van der Waals surface area contributed by atoms with Gasteiger partial charge >= 0.3 is 5.69 Å². The fourth-order valence-corrected chi connectivity index (χ4v) is 2.38. The molecule has 0 aromatic heterocycles. The van der Waals surface area contributed by atoms with Crippen LogP contribution >= 0.6 is 0 Å². The van der Waals surface area contributed by atoms with Crippen LogP contribution in [0.3, 0.4) is 0 Å². The lowest BCUT2D eigenvalue weighted by Crippen LogP contribution is -2.32. The molecule has 0 radical (unpaired) electrons. The normalized spacial score (nSPS) is 21.7. The van der Waals surface area contributed by atoms with E-state index in [9.17, 15) is 24.4 Å². The van der Waals surface area contributed by atoms with Crippen molar-refractivity contribution in [1.82, 2.24) is 5.32 Å². The van der Waals surface area contributed by atoms with Crippen LogP contribution in [0.4, 0.5) is 10.1 Å². The van der Waals surface area contributed by atoms with Crippen LogP contribution in [0.15, 0.2) is 18.2 Å². The van der Waals surface area contributed by atoms with Gasteiger partial charge in [-0.3, -0.25) is 14.9 Å². The molecule has 1 aliphatic carbocycles. The highest BCUT2D eigenvalue weighted by Gasteiger charge is 2.25. The van der Waals surface area contributed by atoms with Crippen LogP contribution < -0.4 is 5.32 Å². The van der Waals surface area contributed by atoms with Gasteiger partial charge in [0.25, 0.3) is 5.91 Å². The number of carbonyl (C=O) groups excluding carboxylic acids is 1. The van der Waals surface area contributed by atoms with Crippen molar-refractivity contribution in [2.45, 2.75) is 25.4 Å². The number of aliphatic hydroxyl groups is 1. The molecule has 2 N–H and O–H groups in total. The zero-order chi connectivity index (χ0) is 14.7. The van der Waals surface area contributed by atoms with E-state index in [1.807, 2.05) is 0 Å². The number of halogens is 1. The lowest BCUT2D eigenvalue weighted by molar-refractivity contribution is -0.387. The predicted molar refractivity (Wildman–Crippen MR) is 68.7 cm³/mol. The zero-order valence-electron chi connectivity index (χ0n) is 10.7. The standard InChI is InChI=1S/C13H15FN2O4/c14-10-6-8(4-5-11(10)16(19)20)13(18)15-7-9-2-1-3-12(9)17/h4-6,9,12,17H,1-3,7H2,(H,15,18). The van der Waals surface area contributed by atoms with E-state index in [1.54, 1.807) is 0 Å². The average molecular weight is 282 g/mol. The summed E-state index contributed by atoms with van der Waals surface area (Å²) in [6, 6.07) is 3.02. The molecular formula is C13H15FN2O4. The molecule has 1 amide bonds. The van der Waals surface area contributed by atoms with Gasteiger partial charge in [-0.05, 0) is 25.0 Å². The third-order valence-corrected chi connectivity index (χ3v) is 3.55. The van der Waals surface area contributed by atoms with Crippen molar-refractivity contribution < 1.29 is 19.2 Å². The molecule has 0 spiro atoms. The van der Waals surface area contributed by atoms with Crippen molar-refractivity contribution in [3.8, 4) is 0 Å². The lowest BCUT2D eigenvalue weighted by atomic mass is 10.1. The number of hydrogen-bond acceptors (Lipinski definition) is 4. The topological polar surface area (TPSA) is 92.5 Å². The highest BCUT2D eigenvalue weighted by atomic mass is 19.1. The Morgan fingerprint density at radius 3 is 2.80 bits per heavy atom. The van der Waals surface area contributed by atoms with Gasteiger partial charge in [-0.1, -0.05) is 6.42 Å².